The molecule has 0 unspecified atom stereocenters. The van der Waals surface area contributed by atoms with Gasteiger partial charge in [-0.25, -0.2) is 12.8 Å². The Hall–Kier alpha value is -0.990. The Labute approximate surface area is 144 Å². The third-order valence-electron chi connectivity index (χ3n) is 3.85. The lowest BCUT2D eigenvalue weighted by Crippen LogP contribution is -2.48. The van der Waals surface area contributed by atoms with Gasteiger partial charge in [-0.15, -0.1) is 0 Å². The van der Waals surface area contributed by atoms with Crippen LogP contribution in [-0.2, 0) is 16.6 Å². The molecular weight excluding hydrogens is 359 g/mol. The van der Waals surface area contributed by atoms with Crippen LogP contribution in [0.15, 0.2) is 39.9 Å². The van der Waals surface area contributed by atoms with Crippen molar-refractivity contribution in [2.24, 2.45) is 0 Å². The number of sulfonamides is 1. The van der Waals surface area contributed by atoms with Crippen LogP contribution in [0, 0.1) is 5.82 Å². The Morgan fingerprint density at radius 3 is 2.52 bits per heavy atom. The summed E-state index contributed by atoms with van der Waals surface area (Å²) in [5.74, 6) is -0.619. The van der Waals surface area contributed by atoms with E-state index in [2.05, 4.69) is 16.3 Å². The number of piperazine rings is 1. The normalized spacial score (nSPS) is 17.5. The molecule has 124 valence electrons. The van der Waals surface area contributed by atoms with Crippen molar-refractivity contribution in [3.8, 4) is 0 Å². The van der Waals surface area contributed by atoms with E-state index >= 15 is 0 Å². The molecule has 8 heteroatoms. The van der Waals surface area contributed by atoms with Crippen molar-refractivity contribution in [2.75, 3.05) is 26.2 Å². The molecule has 0 atom stereocenters. The van der Waals surface area contributed by atoms with E-state index in [0.29, 0.717) is 26.2 Å². The molecule has 1 fully saturated rings. The zero-order valence-electron chi connectivity index (χ0n) is 12.3. The Kier molecular flexibility index (Phi) is 5.03. The molecule has 2 aromatic rings. The van der Waals surface area contributed by atoms with Gasteiger partial charge in [0, 0.05) is 32.7 Å². The van der Waals surface area contributed by atoms with E-state index in [1.807, 2.05) is 5.38 Å². The highest BCUT2D eigenvalue weighted by Gasteiger charge is 2.28. The van der Waals surface area contributed by atoms with Crippen LogP contribution in [0.1, 0.15) is 5.56 Å². The second kappa shape index (κ2) is 6.86. The maximum atomic E-state index is 13.2. The Morgan fingerprint density at radius 2 is 1.91 bits per heavy atom. The van der Waals surface area contributed by atoms with Gasteiger partial charge in [0.25, 0.3) is 0 Å². The van der Waals surface area contributed by atoms with Crippen molar-refractivity contribution in [3.63, 3.8) is 0 Å². The lowest BCUT2D eigenvalue weighted by atomic mass is 10.3. The standard InChI is InChI=1S/C15H16ClFN2O2S2/c16-14-9-13(1-2-15(14)17)23(20,21)19-6-4-18(5-7-19)10-12-3-8-22-11-12/h1-3,8-9,11H,4-7,10H2. The number of nitrogens with zero attached hydrogens (tertiary/aromatic N) is 2. The number of thiophene rings is 1. The first-order valence-electron chi connectivity index (χ1n) is 7.15. The van der Waals surface area contributed by atoms with Crippen molar-refractivity contribution < 1.29 is 12.8 Å². The third kappa shape index (κ3) is 3.75. The zero-order valence-corrected chi connectivity index (χ0v) is 14.7. The van der Waals surface area contributed by atoms with Crippen LogP contribution < -0.4 is 0 Å². The molecule has 0 saturated carbocycles. The van der Waals surface area contributed by atoms with E-state index in [0.717, 1.165) is 12.6 Å². The van der Waals surface area contributed by atoms with Crippen molar-refractivity contribution in [3.05, 3.63) is 51.4 Å². The first kappa shape index (κ1) is 16.9. The molecule has 3 rings (SSSR count). The summed E-state index contributed by atoms with van der Waals surface area (Å²) in [7, 11) is -3.63. The highest BCUT2D eigenvalue weighted by molar-refractivity contribution is 7.89. The molecule has 0 bridgehead atoms. The zero-order chi connectivity index (χ0) is 16.4. The topological polar surface area (TPSA) is 40.6 Å². The summed E-state index contributed by atoms with van der Waals surface area (Å²) in [4.78, 5) is 2.27. The van der Waals surface area contributed by atoms with Gasteiger partial charge >= 0.3 is 0 Å². The summed E-state index contributed by atoms with van der Waals surface area (Å²) in [6.07, 6.45) is 0. The molecule has 0 N–H and O–H groups in total. The largest absolute Gasteiger partial charge is 0.296 e. The van der Waals surface area contributed by atoms with Crippen LogP contribution in [0.3, 0.4) is 0 Å². The fourth-order valence-corrected chi connectivity index (χ4v) is 4.91. The molecular formula is C15H16ClFN2O2S2. The minimum atomic E-state index is -3.63. The van der Waals surface area contributed by atoms with E-state index in [-0.39, 0.29) is 9.92 Å². The number of halogens is 2. The van der Waals surface area contributed by atoms with Crippen LogP contribution >= 0.6 is 22.9 Å². The third-order valence-corrected chi connectivity index (χ3v) is 6.76. The monoisotopic (exact) mass is 374 g/mol. The van der Waals surface area contributed by atoms with E-state index in [4.69, 9.17) is 11.6 Å². The second-order valence-electron chi connectivity index (χ2n) is 5.39. The molecule has 0 aliphatic carbocycles. The highest BCUT2D eigenvalue weighted by Crippen LogP contribution is 2.23. The van der Waals surface area contributed by atoms with Crippen molar-refractivity contribution in [1.29, 1.82) is 0 Å². The van der Waals surface area contributed by atoms with Gasteiger partial charge in [0.15, 0.2) is 0 Å². The van der Waals surface area contributed by atoms with Gasteiger partial charge in [-0.05, 0) is 40.6 Å². The summed E-state index contributed by atoms with van der Waals surface area (Å²) >= 11 is 7.35. The van der Waals surface area contributed by atoms with Crippen molar-refractivity contribution in [2.45, 2.75) is 11.4 Å². The van der Waals surface area contributed by atoms with Gasteiger partial charge in [-0.2, -0.15) is 15.6 Å². The van der Waals surface area contributed by atoms with Crippen LogP contribution in [0.4, 0.5) is 4.39 Å². The average molecular weight is 375 g/mol. The lowest BCUT2D eigenvalue weighted by Gasteiger charge is -2.33. The van der Waals surface area contributed by atoms with Crippen LogP contribution in [-0.4, -0.2) is 43.8 Å². The summed E-state index contributed by atoms with van der Waals surface area (Å²) in [5, 5.41) is 3.96. The molecule has 1 aromatic carbocycles. The average Bonchev–Trinajstić information content (AvgIpc) is 3.03. The Bertz CT molecular complexity index is 773. The van der Waals surface area contributed by atoms with Gasteiger partial charge in [0.05, 0.1) is 9.92 Å². The van der Waals surface area contributed by atoms with Crippen LogP contribution in [0.25, 0.3) is 0 Å². The summed E-state index contributed by atoms with van der Waals surface area (Å²) in [6, 6.07) is 5.59. The minimum Gasteiger partial charge on any atom is -0.296 e. The highest BCUT2D eigenvalue weighted by atomic mass is 35.5. The van der Waals surface area contributed by atoms with Gasteiger partial charge in [0.2, 0.25) is 10.0 Å². The van der Waals surface area contributed by atoms with Gasteiger partial charge in [0.1, 0.15) is 5.82 Å². The predicted molar refractivity (Wildman–Crippen MR) is 89.8 cm³/mol. The first-order chi connectivity index (χ1) is 11.0. The molecule has 1 aliphatic heterocycles. The molecule has 4 nitrogen and oxygen atoms in total. The number of hydrogen-bond donors (Lipinski definition) is 0. The maximum Gasteiger partial charge on any atom is 0.243 e. The molecule has 1 aromatic heterocycles. The summed E-state index contributed by atoms with van der Waals surface area (Å²) in [6.45, 7) is 3.01. The van der Waals surface area contributed by atoms with Crippen LogP contribution in [0.5, 0.6) is 0 Å². The number of hydrogen-bond acceptors (Lipinski definition) is 4. The van der Waals surface area contributed by atoms with Crippen molar-refractivity contribution >= 4 is 33.0 Å². The number of benzene rings is 1. The molecule has 23 heavy (non-hydrogen) atoms. The second-order valence-corrected chi connectivity index (χ2v) is 8.51. The van der Waals surface area contributed by atoms with Crippen LogP contribution in [0.2, 0.25) is 5.02 Å². The van der Waals surface area contributed by atoms with E-state index < -0.39 is 15.8 Å². The molecule has 0 radical (unpaired) electrons. The van der Waals surface area contributed by atoms with Crippen molar-refractivity contribution in [1.82, 2.24) is 9.21 Å². The van der Waals surface area contributed by atoms with E-state index in [1.165, 1.54) is 22.0 Å². The Morgan fingerprint density at radius 1 is 1.17 bits per heavy atom. The molecule has 1 saturated heterocycles. The number of rotatable bonds is 4. The van der Waals surface area contributed by atoms with E-state index in [9.17, 15) is 12.8 Å². The van der Waals surface area contributed by atoms with Gasteiger partial charge < -0.3 is 0 Å². The van der Waals surface area contributed by atoms with E-state index in [1.54, 1.807) is 11.3 Å². The molecule has 0 amide bonds. The smallest absolute Gasteiger partial charge is 0.243 e. The SMILES string of the molecule is O=S(=O)(c1ccc(F)c(Cl)c1)N1CCN(Cc2ccsc2)CC1. The van der Waals surface area contributed by atoms with Gasteiger partial charge in [-0.1, -0.05) is 11.6 Å². The maximum absolute atomic E-state index is 13.2. The molecule has 2 heterocycles. The Balaban J connectivity index is 1.67. The molecule has 0 spiro atoms. The fourth-order valence-electron chi connectivity index (χ4n) is 2.56. The minimum absolute atomic E-state index is 0.0372. The molecule has 1 aliphatic rings. The predicted octanol–water partition coefficient (Wildman–Crippen LogP) is 3.05. The fraction of sp³-hybridized carbons (Fsp3) is 0.333. The first-order valence-corrected chi connectivity index (χ1v) is 9.91. The quantitative estimate of drug-likeness (QED) is 0.825. The lowest BCUT2D eigenvalue weighted by molar-refractivity contribution is 0.182. The summed E-state index contributed by atoms with van der Waals surface area (Å²) < 4.78 is 39.9. The van der Waals surface area contributed by atoms with Gasteiger partial charge in [-0.3, -0.25) is 4.90 Å². The summed E-state index contributed by atoms with van der Waals surface area (Å²) in [5.41, 5.74) is 1.25.